The summed E-state index contributed by atoms with van der Waals surface area (Å²) in [5.74, 6) is 0.389. The molecule has 1 rings (SSSR count). The van der Waals surface area contributed by atoms with Crippen LogP contribution in [0.2, 0.25) is 0 Å². The molecule has 1 heterocycles. The van der Waals surface area contributed by atoms with Gasteiger partial charge in [-0.2, -0.15) is 0 Å². The molecule has 0 aromatic heterocycles. The zero-order valence-electron chi connectivity index (χ0n) is 8.68. The molecule has 1 aliphatic heterocycles. The number of likely N-dealkylation sites (N-methyl/N-ethyl adjacent to an activating group) is 1. The summed E-state index contributed by atoms with van der Waals surface area (Å²) in [7, 11) is 0. The van der Waals surface area contributed by atoms with E-state index >= 15 is 0 Å². The fourth-order valence-corrected chi connectivity index (χ4v) is 1.84. The van der Waals surface area contributed by atoms with Crippen molar-refractivity contribution in [2.24, 2.45) is 5.92 Å². The van der Waals surface area contributed by atoms with E-state index in [9.17, 15) is 5.11 Å². The Morgan fingerprint density at radius 2 is 2.08 bits per heavy atom. The van der Waals surface area contributed by atoms with Crippen molar-refractivity contribution < 1.29 is 9.84 Å². The maximum Gasteiger partial charge on any atom is 0.0773 e. The smallest absolute Gasteiger partial charge is 0.0773 e. The van der Waals surface area contributed by atoms with Crippen molar-refractivity contribution in [3.63, 3.8) is 0 Å². The third-order valence-electron chi connectivity index (χ3n) is 2.83. The highest BCUT2D eigenvalue weighted by molar-refractivity contribution is 4.85. The SMILES string of the molecule is CCNCC(C)(O)C1CCOCC1. The number of aliphatic hydroxyl groups is 1. The third-order valence-corrected chi connectivity index (χ3v) is 2.83. The van der Waals surface area contributed by atoms with Crippen LogP contribution in [0.3, 0.4) is 0 Å². The summed E-state index contributed by atoms with van der Waals surface area (Å²) in [5.41, 5.74) is -0.570. The lowest BCUT2D eigenvalue weighted by atomic mass is 9.83. The van der Waals surface area contributed by atoms with Gasteiger partial charge in [0, 0.05) is 19.8 Å². The van der Waals surface area contributed by atoms with Gasteiger partial charge in [0.2, 0.25) is 0 Å². The summed E-state index contributed by atoms with van der Waals surface area (Å²) in [5, 5.41) is 13.3. The molecule has 2 N–H and O–H groups in total. The first-order valence-corrected chi connectivity index (χ1v) is 5.17. The quantitative estimate of drug-likeness (QED) is 0.683. The standard InChI is InChI=1S/C10H21NO2/c1-3-11-8-10(2,12)9-4-6-13-7-5-9/h9,11-12H,3-8H2,1-2H3. The van der Waals surface area contributed by atoms with Gasteiger partial charge < -0.3 is 15.2 Å². The molecule has 78 valence electrons. The van der Waals surface area contributed by atoms with Crippen LogP contribution < -0.4 is 5.32 Å². The van der Waals surface area contributed by atoms with Crippen LogP contribution in [0.5, 0.6) is 0 Å². The Kier molecular flexibility index (Phi) is 4.16. The summed E-state index contributed by atoms with van der Waals surface area (Å²) in [6, 6.07) is 0. The second kappa shape index (κ2) is 4.94. The molecule has 0 aromatic rings. The number of hydrogen-bond acceptors (Lipinski definition) is 3. The monoisotopic (exact) mass is 187 g/mol. The molecule has 0 amide bonds. The van der Waals surface area contributed by atoms with Gasteiger partial charge in [-0.1, -0.05) is 6.92 Å². The third kappa shape index (κ3) is 3.25. The predicted octanol–water partition coefficient (Wildman–Crippen LogP) is 0.773. The minimum absolute atomic E-state index is 0.389. The highest BCUT2D eigenvalue weighted by Gasteiger charge is 2.32. The predicted molar refractivity (Wildman–Crippen MR) is 52.7 cm³/mol. The van der Waals surface area contributed by atoms with E-state index in [1.54, 1.807) is 0 Å². The van der Waals surface area contributed by atoms with Gasteiger partial charge in [-0.3, -0.25) is 0 Å². The highest BCUT2D eigenvalue weighted by Crippen LogP contribution is 2.26. The fourth-order valence-electron chi connectivity index (χ4n) is 1.84. The van der Waals surface area contributed by atoms with Crippen molar-refractivity contribution in [2.45, 2.75) is 32.3 Å². The minimum atomic E-state index is -0.570. The van der Waals surface area contributed by atoms with Crippen molar-refractivity contribution in [1.29, 1.82) is 0 Å². The van der Waals surface area contributed by atoms with Crippen LogP contribution in [0, 0.1) is 5.92 Å². The van der Waals surface area contributed by atoms with Crippen LogP contribution in [-0.2, 0) is 4.74 Å². The number of rotatable bonds is 4. The zero-order valence-corrected chi connectivity index (χ0v) is 8.68. The summed E-state index contributed by atoms with van der Waals surface area (Å²) in [6.07, 6.45) is 1.97. The molecule has 1 aliphatic rings. The van der Waals surface area contributed by atoms with Crippen LogP contribution >= 0.6 is 0 Å². The average Bonchev–Trinajstić information content (AvgIpc) is 2.16. The second-order valence-corrected chi connectivity index (χ2v) is 4.02. The maximum atomic E-state index is 10.2. The lowest BCUT2D eigenvalue weighted by molar-refractivity contribution is -0.0518. The summed E-state index contributed by atoms with van der Waals surface area (Å²) in [4.78, 5) is 0. The minimum Gasteiger partial charge on any atom is -0.389 e. The molecular weight excluding hydrogens is 166 g/mol. The molecule has 0 radical (unpaired) electrons. The van der Waals surface area contributed by atoms with Crippen LogP contribution in [0.15, 0.2) is 0 Å². The summed E-state index contributed by atoms with van der Waals surface area (Å²) >= 11 is 0. The molecule has 0 aromatic carbocycles. The summed E-state index contributed by atoms with van der Waals surface area (Å²) < 4.78 is 5.27. The Labute approximate surface area is 80.5 Å². The first kappa shape index (κ1) is 11.0. The first-order chi connectivity index (χ1) is 6.17. The number of hydrogen-bond donors (Lipinski definition) is 2. The van der Waals surface area contributed by atoms with Gasteiger partial charge in [-0.15, -0.1) is 0 Å². The summed E-state index contributed by atoms with van der Waals surface area (Å²) in [6.45, 7) is 7.18. The molecule has 1 unspecified atom stereocenters. The average molecular weight is 187 g/mol. The molecule has 1 fully saturated rings. The van der Waals surface area contributed by atoms with E-state index in [2.05, 4.69) is 12.2 Å². The van der Waals surface area contributed by atoms with Crippen molar-refractivity contribution in [2.75, 3.05) is 26.3 Å². The van der Waals surface area contributed by atoms with Gasteiger partial charge in [-0.25, -0.2) is 0 Å². The Morgan fingerprint density at radius 3 is 2.62 bits per heavy atom. The molecule has 0 aliphatic carbocycles. The molecular formula is C10H21NO2. The van der Waals surface area contributed by atoms with Crippen LogP contribution in [0.1, 0.15) is 26.7 Å². The van der Waals surface area contributed by atoms with Crippen molar-refractivity contribution in [1.82, 2.24) is 5.32 Å². The molecule has 13 heavy (non-hydrogen) atoms. The van der Waals surface area contributed by atoms with Gasteiger partial charge in [0.05, 0.1) is 5.60 Å². The van der Waals surface area contributed by atoms with E-state index < -0.39 is 5.60 Å². The van der Waals surface area contributed by atoms with Gasteiger partial charge in [0.1, 0.15) is 0 Å². The molecule has 0 bridgehead atoms. The second-order valence-electron chi connectivity index (χ2n) is 4.02. The van der Waals surface area contributed by atoms with Crippen molar-refractivity contribution >= 4 is 0 Å². The fraction of sp³-hybridized carbons (Fsp3) is 1.00. The molecule has 3 heteroatoms. The normalized spacial score (nSPS) is 24.2. The Bertz CT molecular complexity index is 142. The van der Waals surface area contributed by atoms with Gasteiger partial charge in [-0.05, 0) is 32.2 Å². The van der Waals surface area contributed by atoms with Crippen molar-refractivity contribution in [3.8, 4) is 0 Å². The topological polar surface area (TPSA) is 41.5 Å². The zero-order chi connectivity index (χ0) is 9.73. The van der Waals surface area contributed by atoms with Gasteiger partial charge in [0.25, 0.3) is 0 Å². The van der Waals surface area contributed by atoms with E-state index in [0.717, 1.165) is 32.6 Å². The molecule has 0 spiro atoms. The highest BCUT2D eigenvalue weighted by atomic mass is 16.5. The largest absolute Gasteiger partial charge is 0.389 e. The molecule has 0 saturated carbocycles. The lowest BCUT2D eigenvalue weighted by Gasteiger charge is -2.35. The number of nitrogens with one attached hydrogen (secondary N) is 1. The lowest BCUT2D eigenvalue weighted by Crippen LogP contribution is -2.46. The first-order valence-electron chi connectivity index (χ1n) is 5.17. The Morgan fingerprint density at radius 1 is 1.46 bits per heavy atom. The van der Waals surface area contributed by atoms with Crippen LogP contribution in [0.4, 0.5) is 0 Å². The van der Waals surface area contributed by atoms with E-state index in [0.29, 0.717) is 12.5 Å². The van der Waals surface area contributed by atoms with E-state index in [1.807, 2.05) is 6.92 Å². The molecule has 3 nitrogen and oxygen atoms in total. The van der Waals surface area contributed by atoms with Gasteiger partial charge in [0.15, 0.2) is 0 Å². The maximum absolute atomic E-state index is 10.2. The molecule has 1 atom stereocenters. The van der Waals surface area contributed by atoms with E-state index in [1.165, 1.54) is 0 Å². The van der Waals surface area contributed by atoms with Gasteiger partial charge >= 0.3 is 0 Å². The van der Waals surface area contributed by atoms with Crippen LogP contribution in [0.25, 0.3) is 0 Å². The Hall–Kier alpha value is -0.120. The van der Waals surface area contributed by atoms with E-state index in [-0.39, 0.29) is 0 Å². The van der Waals surface area contributed by atoms with Crippen molar-refractivity contribution in [3.05, 3.63) is 0 Å². The Balaban J connectivity index is 2.36. The van der Waals surface area contributed by atoms with Crippen LogP contribution in [-0.4, -0.2) is 37.0 Å². The van der Waals surface area contributed by atoms with E-state index in [4.69, 9.17) is 4.74 Å². The number of ether oxygens (including phenoxy) is 1. The molecule has 1 saturated heterocycles.